The number of carboxylic acids is 1. The Morgan fingerprint density at radius 1 is 1.40 bits per heavy atom. The summed E-state index contributed by atoms with van der Waals surface area (Å²) in [6.45, 7) is 2.25. The molecule has 1 amide bonds. The van der Waals surface area contributed by atoms with E-state index in [-0.39, 0.29) is 11.5 Å². The van der Waals surface area contributed by atoms with Gasteiger partial charge in [0, 0.05) is 6.54 Å². The molecule has 104 valence electrons. The van der Waals surface area contributed by atoms with Gasteiger partial charge in [0.05, 0.1) is 16.8 Å². The number of thiazole rings is 1. The highest BCUT2D eigenvalue weighted by Gasteiger charge is 2.10. The first-order chi connectivity index (χ1) is 9.58. The van der Waals surface area contributed by atoms with Gasteiger partial charge in [0.25, 0.3) is 5.91 Å². The van der Waals surface area contributed by atoms with Crippen molar-refractivity contribution in [3.8, 4) is 0 Å². The molecular formula is C14H14N2O3S. The lowest BCUT2D eigenvalue weighted by Crippen LogP contribution is -2.25. The van der Waals surface area contributed by atoms with Gasteiger partial charge < -0.3 is 10.4 Å². The van der Waals surface area contributed by atoms with Gasteiger partial charge in [0.1, 0.15) is 4.88 Å². The molecule has 0 fully saturated rings. The number of amides is 1. The lowest BCUT2D eigenvalue weighted by atomic mass is 10.1. The topological polar surface area (TPSA) is 79.3 Å². The van der Waals surface area contributed by atoms with Crippen LogP contribution >= 0.6 is 11.3 Å². The molecule has 0 aliphatic heterocycles. The van der Waals surface area contributed by atoms with E-state index in [4.69, 9.17) is 5.11 Å². The molecule has 0 aliphatic carbocycles. The third-order valence-corrected chi connectivity index (χ3v) is 3.75. The van der Waals surface area contributed by atoms with Crippen LogP contribution in [0.15, 0.2) is 29.8 Å². The predicted molar refractivity (Wildman–Crippen MR) is 76.3 cm³/mol. The van der Waals surface area contributed by atoms with E-state index in [1.807, 2.05) is 6.07 Å². The molecule has 1 heterocycles. The molecule has 0 aliphatic rings. The van der Waals surface area contributed by atoms with Crippen LogP contribution in [0.2, 0.25) is 0 Å². The van der Waals surface area contributed by atoms with Crippen LogP contribution in [-0.2, 0) is 6.42 Å². The highest BCUT2D eigenvalue weighted by atomic mass is 32.1. The first-order valence-electron chi connectivity index (χ1n) is 6.08. The summed E-state index contributed by atoms with van der Waals surface area (Å²) in [6.07, 6.45) is 0.588. The van der Waals surface area contributed by atoms with E-state index in [0.717, 1.165) is 11.3 Å². The highest BCUT2D eigenvalue weighted by Crippen LogP contribution is 2.11. The van der Waals surface area contributed by atoms with Gasteiger partial charge in [-0.15, -0.1) is 11.3 Å². The summed E-state index contributed by atoms with van der Waals surface area (Å²) >= 11 is 1.31. The molecule has 0 bridgehead atoms. The van der Waals surface area contributed by atoms with E-state index in [1.165, 1.54) is 11.3 Å². The summed E-state index contributed by atoms with van der Waals surface area (Å²) in [5, 5.41) is 11.7. The van der Waals surface area contributed by atoms with Crippen molar-refractivity contribution in [3.05, 3.63) is 51.5 Å². The van der Waals surface area contributed by atoms with Crippen LogP contribution in [0.4, 0.5) is 0 Å². The Labute approximate surface area is 120 Å². The van der Waals surface area contributed by atoms with Crippen LogP contribution in [0.5, 0.6) is 0 Å². The molecule has 0 saturated heterocycles. The number of aryl methyl sites for hydroxylation is 1. The third kappa shape index (κ3) is 3.42. The second-order valence-corrected chi connectivity index (χ2v) is 5.13. The maximum Gasteiger partial charge on any atom is 0.335 e. The molecule has 0 spiro atoms. The highest BCUT2D eigenvalue weighted by molar-refractivity contribution is 7.11. The number of carbonyl (C=O) groups excluding carboxylic acids is 1. The van der Waals surface area contributed by atoms with Crippen LogP contribution in [0, 0.1) is 6.92 Å². The average molecular weight is 290 g/mol. The summed E-state index contributed by atoms with van der Waals surface area (Å²) < 4.78 is 0. The molecular weight excluding hydrogens is 276 g/mol. The molecule has 1 aromatic carbocycles. The second-order valence-electron chi connectivity index (χ2n) is 4.28. The fourth-order valence-corrected chi connectivity index (χ4v) is 2.50. The second kappa shape index (κ2) is 6.29. The van der Waals surface area contributed by atoms with Crippen molar-refractivity contribution >= 4 is 23.2 Å². The number of aromatic nitrogens is 1. The van der Waals surface area contributed by atoms with Crippen molar-refractivity contribution in [2.45, 2.75) is 13.3 Å². The number of carbonyl (C=O) groups is 2. The monoisotopic (exact) mass is 290 g/mol. The number of hydrogen-bond donors (Lipinski definition) is 2. The number of nitrogens with zero attached hydrogens (tertiary/aromatic N) is 1. The van der Waals surface area contributed by atoms with Crippen LogP contribution in [0.1, 0.15) is 31.3 Å². The van der Waals surface area contributed by atoms with E-state index < -0.39 is 5.97 Å². The van der Waals surface area contributed by atoms with Gasteiger partial charge in [-0.2, -0.15) is 0 Å². The number of benzene rings is 1. The fraction of sp³-hybridized carbons (Fsp3) is 0.214. The molecule has 5 nitrogen and oxygen atoms in total. The Bertz CT molecular complexity index is 637. The zero-order chi connectivity index (χ0) is 14.5. The van der Waals surface area contributed by atoms with Crippen LogP contribution < -0.4 is 5.32 Å². The van der Waals surface area contributed by atoms with E-state index in [9.17, 15) is 9.59 Å². The molecule has 2 N–H and O–H groups in total. The van der Waals surface area contributed by atoms with Crippen molar-refractivity contribution in [3.63, 3.8) is 0 Å². The van der Waals surface area contributed by atoms with Crippen molar-refractivity contribution in [2.24, 2.45) is 0 Å². The molecule has 0 saturated carbocycles. The fourth-order valence-electron chi connectivity index (χ4n) is 1.78. The summed E-state index contributed by atoms with van der Waals surface area (Å²) in [4.78, 5) is 27.4. The van der Waals surface area contributed by atoms with Crippen molar-refractivity contribution in [2.75, 3.05) is 6.54 Å². The predicted octanol–water partition coefficient (Wildman–Crippen LogP) is 2.12. The average Bonchev–Trinajstić information content (AvgIpc) is 2.85. The number of aromatic carboxylic acids is 1. The van der Waals surface area contributed by atoms with E-state index in [0.29, 0.717) is 17.8 Å². The first kappa shape index (κ1) is 14.2. The Hall–Kier alpha value is -2.21. The molecule has 2 aromatic rings. The van der Waals surface area contributed by atoms with Gasteiger partial charge in [0.2, 0.25) is 0 Å². The van der Waals surface area contributed by atoms with Crippen LogP contribution in [-0.4, -0.2) is 28.5 Å². The van der Waals surface area contributed by atoms with E-state index in [2.05, 4.69) is 10.3 Å². The molecule has 2 rings (SSSR count). The summed E-state index contributed by atoms with van der Waals surface area (Å²) in [7, 11) is 0. The Morgan fingerprint density at radius 2 is 2.20 bits per heavy atom. The lowest BCUT2D eigenvalue weighted by molar-refractivity contribution is 0.0696. The first-order valence-corrected chi connectivity index (χ1v) is 6.96. The van der Waals surface area contributed by atoms with Crippen LogP contribution in [0.3, 0.4) is 0 Å². The van der Waals surface area contributed by atoms with Gasteiger partial charge in [-0.05, 0) is 31.0 Å². The minimum atomic E-state index is -0.948. The van der Waals surface area contributed by atoms with Gasteiger partial charge in [0.15, 0.2) is 0 Å². The Kier molecular flexibility index (Phi) is 4.47. The van der Waals surface area contributed by atoms with Gasteiger partial charge >= 0.3 is 5.97 Å². The van der Waals surface area contributed by atoms with Gasteiger partial charge in [-0.25, -0.2) is 9.78 Å². The summed E-state index contributed by atoms with van der Waals surface area (Å²) in [5.74, 6) is -1.09. The minimum absolute atomic E-state index is 0.139. The maximum atomic E-state index is 11.9. The number of nitrogens with one attached hydrogen (secondary N) is 1. The van der Waals surface area contributed by atoms with Crippen molar-refractivity contribution in [1.29, 1.82) is 0 Å². The standard InChI is InChI=1S/C14H14N2O3S/c1-9-12(20-8-16-9)13(17)15-6-5-10-3-2-4-11(7-10)14(18)19/h2-4,7-8H,5-6H2,1H3,(H,15,17)(H,18,19). The molecule has 0 radical (unpaired) electrons. The quantitative estimate of drug-likeness (QED) is 0.884. The lowest BCUT2D eigenvalue weighted by Gasteiger charge is -2.05. The van der Waals surface area contributed by atoms with Gasteiger partial charge in [-0.3, -0.25) is 4.79 Å². The smallest absolute Gasteiger partial charge is 0.335 e. The zero-order valence-electron chi connectivity index (χ0n) is 10.9. The normalized spacial score (nSPS) is 10.2. The third-order valence-electron chi connectivity index (χ3n) is 2.82. The van der Waals surface area contributed by atoms with Gasteiger partial charge in [-0.1, -0.05) is 12.1 Å². The largest absolute Gasteiger partial charge is 0.478 e. The maximum absolute atomic E-state index is 11.9. The molecule has 6 heteroatoms. The molecule has 0 atom stereocenters. The van der Waals surface area contributed by atoms with E-state index >= 15 is 0 Å². The molecule has 20 heavy (non-hydrogen) atoms. The van der Waals surface area contributed by atoms with Crippen molar-refractivity contribution in [1.82, 2.24) is 10.3 Å². The summed E-state index contributed by atoms with van der Waals surface area (Å²) in [5.41, 5.74) is 3.50. The Morgan fingerprint density at radius 3 is 2.85 bits per heavy atom. The Balaban J connectivity index is 1.90. The zero-order valence-corrected chi connectivity index (χ0v) is 11.7. The number of hydrogen-bond acceptors (Lipinski definition) is 4. The minimum Gasteiger partial charge on any atom is -0.478 e. The number of rotatable bonds is 5. The van der Waals surface area contributed by atoms with Crippen LogP contribution in [0.25, 0.3) is 0 Å². The van der Waals surface area contributed by atoms with E-state index in [1.54, 1.807) is 30.6 Å². The molecule has 1 aromatic heterocycles. The van der Waals surface area contributed by atoms with Crippen molar-refractivity contribution < 1.29 is 14.7 Å². The SMILES string of the molecule is Cc1ncsc1C(=O)NCCc1cccc(C(=O)O)c1. The number of carboxylic acid groups (broad SMARTS) is 1. The summed E-state index contributed by atoms with van der Waals surface area (Å²) in [6, 6.07) is 6.71. The molecule has 0 unspecified atom stereocenters.